The Labute approximate surface area is 116 Å². The molecule has 0 bridgehead atoms. The predicted molar refractivity (Wildman–Crippen MR) is 76.1 cm³/mol. The van der Waals surface area contributed by atoms with E-state index < -0.39 is 0 Å². The summed E-state index contributed by atoms with van der Waals surface area (Å²) in [5.41, 5.74) is 1.84. The average Bonchev–Trinajstić information content (AvgIpc) is 2.65. The van der Waals surface area contributed by atoms with Gasteiger partial charge in [0.05, 0.1) is 12.2 Å². The van der Waals surface area contributed by atoms with Gasteiger partial charge in [0.2, 0.25) is 0 Å². The van der Waals surface area contributed by atoms with Crippen molar-refractivity contribution in [2.45, 2.75) is 31.8 Å². The van der Waals surface area contributed by atoms with Crippen LogP contribution in [-0.2, 0) is 13.1 Å². The summed E-state index contributed by atoms with van der Waals surface area (Å²) in [6, 6.07) is 9.85. The fourth-order valence-electron chi connectivity index (χ4n) is 2.16. The highest BCUT2D eigenvalue weighted by atomic mass is 32.2. The Balaban J connectivity index is 2.48. The van der Waals surface area contributed by atoms with Crippen LogP contribution in [0.15, 0.2) is 40.0 Å². The maximum absolute atomic E-state index is 12.3. The second-order valence-electron chi connectivity index (χ2n) is 4.17. The van der Waals surface area contributed by atoms with E-state index in [2.05, 4.69) is 0 Å². The number of benzene rings is 1. The third-order valence-electron chi connectivity index (χ3n) is 3.06. The smallest absolute Gasteiger partial charge is 0.282 e. The van der Waals surface area contributed by atoms with Crippen molar-refractivity contribution >= 4 is 11.8 Å². The van der Waals surface area contributed by atoms with Gasteiger partial charge < -0.3 is 0 Å². The molecular formula is C14H15N3OS. The van der Waals surface area contributed by atoms with E-state index >= 15 is 0 Å². The number of nitriles is 1. The molecule has 0 aliphatic rings. The van der Waals surface area contributed by atoms with Crippen LogP contribution in [0.25, 0.3) is 0 Å². The lowest BCUT2D eigenvalue weighted by molar-refractivity contribution is 0.480. The van der Waals surface area contributed by atoms with Crippen LogP contribution in [0.1, 0.15) is 18.2 Å². The molecule has 0 N–H and O–H groups in total. The first-order valence-electron chi connectivity index (χ1n) is 6.09. The number of aromatic nitrogens is 2. The van der Waals surface area contributed by atoms with E-state index in [1.807, 2.05) is 54.3 Å². The number of rotatable bonds is 4. The van der Waals surface area contributed by atoms with Crippen molar-refractivity contribution < 1.29 is 0 Å². The van der Waals surface area contributed by atoms with E-state index in [-0.39, 0.29) is 5.56 Å². The molecule has 0 aliphatic heterocycles. The second-order valence-corrected chi connectivity index (χ2v) is 4.97. The molecule has 4 nitrogen and oxygen atoms in total. The summed E-state index contributed by atoms with van der Waals surface area (Å²) < 4.78 is 3.62. The van der Waals surface area contributed by atoms with Gasteiger partial charge in [0, 0.05) is 6.54 Å². The topological polar surface area (TPSA) is 50.7 Å². The molecule has 19 heavy (non-hydrogen) atoms. The molecule has 5 heteroatoms. The van der Waals surface area contributed by atoms with Gasteiger partial charge >= 0.3 is 0 Å². The van der Waals surface area contributed by atoms with E-state index in [4.69, 9.17) is 5.26 Å². The number of thioether (sulfide) groups is 1. The molecule has 0 atom stereocenters. The fourth-order valence-corrected chi connectivity index (χ4v) is 2.70. The van der Waals surface area contributed by atoms with E-state index in [0.717, 1.165) is 23.0 Å². The van der Waals surface area contributed by atoms with Crippen LogP contribution in [0, 0.1) is 17.6 Å². The molecule has 0 spiro atoms. The third kappa shape index (κ3) is 2.59. The van der Waals surface area contributed by atoms with E-state index in [9.17, 15) is 4.79 Å². The Bertz CT molecular complexity index is 664. The lowest BCUT2D eigenvalue weighted by Gasteiger charge is -2.11. The summed E-state index contributed by atoms with van der Waals surface area (Å²) in [5.74, 6) is 0. The maximum atomic E-state index is 12.3. The summed E-state index contributed by atoms with van der Waals surface area (Å²) in [4.78, 5) is 12.9. The quantitative estimate of drug-likeness (QED) is 0.635. The van der Waals surface area contributed by atoms with Gasteiger partial charge in [0.15, 0.2) is 0 Å². The summed E-state index contributed by atoms with van der Waals surface area (Å²) in [6.07, 6.45) is 0. The van der Waals surface area contributed by atoms with Gasteiger partial charge in [-0.1, -0.05) is 30.3 Å². The molecule has 0 amide bonds. The molecule has 0 fully saturated rings. The largest absolute Gasteiger partial charge is 0.286 e. The SMILES string of the molecule is CCn1c(C)c(SC#N)c(=O)n1Cc1ccccc1. The predicted octanol–water partition coefficient (Wildman–Crippen LogP) is 2.60. The monoisotopic (exact) mass is 273 g/mol. The minimum Gasteiger partial charge on any atom is -0.286 e. The lowest BCUT2D eigenvalue weighted by atomic mass is 10.2. The Hall–Kier alpha value is -1.93. The van der Waals surface area contributed by atoms with E-state index in [1.165, 1.54) is 0 Å². The molecule has 2 aromatic rings. The van der Waals surface area contributed by atoms with Gasteiger partial charge in [-0.05, 0) is 31.2 Å². The van der Waals surface area contributed by atoms with Crippen molar-refractivity contribution in [1.29, 1.82) is 5.26 Å². The van der Waals surface area contributed by atoms with Crippen LogP contribution in [0.5, 0.6) is 0 Å². The van der Waals surface area contributed by atoms with Crippen LogP contribution >= 0.6 is 11.8 Å². The van der Waals surface area contributed by atoms with Crippen LogP contribution in [0.4, 0.5) is 0 Å². The van der Waals surface area contributed by atoms with Crippen LogP contribution in [0.3, 0.4) is 0 Å². The fraction of sp³-hybridized carbons (Fsp3) is 0.286. The second kappa shape index (κ2) is 5.81. The molecule has 0 radical (unpaired) electrons. The maximum Gasteiger partial charge on any atom is 0.282 e. The molecule has 0 saturated heterocycles. The normalized spacial score (nSPS) is 10.4. The highest BCUT2D eigenvalue weighted by Crippen LogP contribution is 2.18. The van der Waals surface area contributed by atoms with Gasteiger partial charge in [-0.25, -0.2) is 4.68 Å². The zero-order chi connectivity index (χ0) is 13.8. The molecule has 0 saturated carbocycles. The van der Waals surface area contributed by atoms with Crippen molar-refractivity contribution in [2.75, 3.05) is 0 Å². The number of hydrogen-bond donors (Lipinski definition) is 0. The molecule has 98 valence electrons. The lowest BCUT2D eigenvalue weighted by Crippen LogP contribution is -2.24. The highest BCUT2D eigenvalue weighted by molar-refractivity contribution is 8.03. The first-order chi connectivity index (χ1) is 9.19. The molecule has 1 heterocycles. The van der Waals surface area contributed by atoms with E-state index in [1.54, 1.807) is 4.68 Å². The third-order valence-corrected chi connectivity index (χ3v) is 3.82. The summed E-state index contributed by atoms with van der Waals surface area (Å²) in [5, 5.41) is 10.8. The van der Waals surface area contributed by atoms with Crippen LogP contribution < -0.4 is 5.56 Å². The average molecular weight is 273 g/mol. The van der Waals surface area contributed by atoms with E-state index in [0.29, 0.717) is 18.0 Å². The summed E-state index contributed by atoms with van der Waals surface area (Å²) in [6.45, 7) is 5.11. The zero-order valence-electron chi connectivity index (χ0n) is 11.0. The molecule has 1 aromatic heterocycles. The Morgan fingerprint density at radius 3 is 2.53 bits per heavy atom. The summed E-state index contributed by atoms with van der Waals surface area (Å²) >= 11 is 0.941. The minimum absolute atomic E-state index is 0.0882. The van der Waals surface area contributed by atoms with Crippen molar-refractivity contribution in [3.63, 3.8) is 0 Å². The van der Waals surface area contributed by atoms with Crippen molar-refractivity contribution in [1.82, 2.24) is 9.36 Å². The Kier molecular flexibility index (Phi) is 4.13. The van der Waals surface area contributed by atoms with Crippen molar-refractivity contribution in [3.8, 4) is 5.40 Å². The molecule has 0 aliphatic carbocycles. The number of hydrogen-bond acceptors (Lipinski definition) is 3. The van der Waals surface area contributed by atoms with Crippen molar-refractivity contribution in [2.24, 2.45) is 0 Å². The van der Waals surface area contributed by atoms with Crippen molar-refractivity contribution in [3.05, 3.63) is 51.9 Å². The van der Waals surface area contributed by atoms with Gasteiger partial charge in [-0.15, -0.1) is 0 Å². The molecule has 1 aromatic carbocycles. The van der Waals surface area contributed by atoms with Gasteiger partial charge in [0.1, 0.15) is 10.3 Å². The molecule has 0 unspecified atom stereocenters. The van der Waals surface area contributed by atoms with Crippen LogP contribution in [0.2, 0.25) is 0 Å². The standard InChI is InChI=1S/C14H15N3OS/c1-3-16-11(2)13(19-10-15)14(18)17(16)9-12-7-5-4-6-8-12/h4-8H,3,9H2,1-2H3. The minimum atomic E-state index is -0.0882. The van der Waals surface area contributed by atoms with Gasteiger partial charge in [-0.2, -0.15) is 5.26 Å². The summed E-state index contributed by atoms with van der Waals surface area (Å²) in [7, 11) is 0. The zero-order valence-corrected chi connectivity index (χ0v) is 11.8. The Morgan fingerprint density at radius 2 is 1.95 bits per heavy atom. The Morgan fingerprint density at radius 1 is 1.26 bits per heavy atom. The number of thiocyanates is 1. The number of nitrogens with zero attached hydrogens (tertiary/aromatic N) is 3. The highest BCUT2D eigenvalue weighted by Gasteiger charge is 2.16. The molecular weight excluding hydrogens is 258 g/mol. The van der Waals surface area contributed by atoms with Gasteiger partial charge in [0.25, 0.3) is 5.56 Å². The van der Waals surface area contributed by atoms with Crippen LogP contribution in [-0.4, -0.2) is 9.36 Å². The molecule has 2 rings (SSSR count). The first-order valence-corrected chi connectivity index (χ1v) is 6.90. The first kappa shape index (κ1) is 13.5. The van der Waals surface area contributed by atoms with Gasteiger partial charge in [-0.3, -0.25) is 9.48 Å².